The molecule has 1 rings (SSSR count). The van der Waals surface area contributed by atoms with E-state index in [1.54, 1.807) is 0 Å². The number of carbonyl (C=O) groups excluding carboxylic acids is 1. The highest BCUT2D eigenvalue weighted by Crippen LogP contribution is 2.49. The number of hydrogen-bond acceptors (Lipinski definition) is 2. The molecule has 0 atom stereocenters. The van der Waals surface area contributed by atoms with Crippen molar-refractivity contribution >= 4 is 29.6 Å². The summed E-state index contributed by atoms with van der Waals surface area (Å²) in [5, 5.41) is 1.34. The molecule has 0 aliphatic heterocycles. The first kappa shape index (κ1) is 15.7. The topological polar surface area (TPSA) is 26.3 Å². The maximum absolute atomic E-state index is 10.4. The SMILES string of the molecule is C[P+](C)(CCOC(=O)Cl)c1ccccc1.[Cl-]. The Hall–Kier alpha value is -0.300. The number of hydrogen-bond donors (Lipinski definition) is 0. The molecule has 5 heteroatoms. The van der Waals surface area contributed by atoms with Gasteiger partial charge in [-0.05, 0) is 12.1 Å². The highest BCUT2D eigenvalue weighted by Gasteiger charge is 2.27. The van der Waals surface area contributed by atoms with Gasteiger partial charge < -0.3 is 17.1 Å². The molecule has 1 aromatic carbocycles. The maximum atomic E-state index is 10.4. The van der Waals surface area contributed by atoms with Crippen LogP contribution < -0.4 is 17.7 Å². The lowest BCUT2D eigenvalue weighted by atomic mass is 10.4. The monoisotopic (exact) mass is 280 g/mol. The first-order valence-corrected chi connectivity index (χ1v) is 7.98. The van der Waals surface area contributed by atoms with Gasteiger partial charge in [0.15, 0.2) is 0 Å². The van der Waals surface area contributed by atoms with E-state index in [4.69, 9.17) is 16.3 Å². The molecule has 0 N–H and O–H groups in total. The molecule has 0 heterocycles. The molecular formula is C11H15Cl2O2P. The molecule has 0 saturated carbocycles. The fourth-order valence-electron chi connectivity index (χ4n) is 1.31. The van der Waals surface area contributed by atoms with Gasteiger partial charge in [-0.15, -0.1) is 0 Å². The summed E-state index contributed by atoms with van der Waals surface area (Å²) >= 11 is 5.10. The third-order valence-corrected chi connectivity index (χ3v) is 5.43. The van der Waals surface area contributed by atoms with Gasteiger partial charge in [0.05, 0.1) is 24.8 Å². The molecule has 0 saturated heterocycles. The van der Waals surface area contributed by atoms with Crippen molar-refractivity contribution in [3.05, 3.63) is 30.3 Å². The van der Waals surface area contributed by atoms with Crippen molar-refractivity contribution < 1.29 is 21.9 Å². The van der Waals surface area contributed by atoms with E-state index in [2.05, 4.69) is 25.5 Å². The average molecular weight is 281 g/mol. The lowest BCUT2D eigenvalue weighted by Crippen LogP contribution is -3.00. The van der Waals surface area contributed by atoms with Crippen LogP contribution in [0, 0.1) is 0 Å². The quantitative estimate of drug-likeness (QED) is 0.572. The van der Waals surface area contributed by atoms with Gasteiger partial charge >= 0.3 is 5.43 Å². The van der Waals surface area contributed by atoms with Gasteiger partial charge in [-0.3, -0.25) is 0 Å². The molecule has 0 bridgehead atoms. The van der Waals surface area contributed by atoms with Crippen LogP contribution in [0.2, 0.25) is 0 Å². The Kier molecular flexibility index (Phi) is 6.98. The molecular weight excluding hydrogens is 266 g/mol. The highest BCUT2D eigenvalue weighted by molar-refractivity contribution is 7.81. The van der Waals surface area contributed by atoms with Crippen LogP contribution in [0.4, 0.5) is 4.79 Å². The third kappa shape index (κ3) is 5.16. The summed E-state index contributed by atoms with van der Waals surface area (Å²) in [6.07, 6.45) is 0.871. The molecule has 1 aromatic rings. The maximum Gasteiger partial charge on any atom is 0.403 e. The fraction of sp³-hybridized carbons (Fsp3) is 0.364. The Labute approximate surface area is 108 Å². The first-order valence-electron chi connectivity index (χ1n) is 4.73. The second-order valence-electron chi connectivity index (χ2n) is 3.83. The van der Waals surface area contributed by atoms with Gasteiger partial charge in [-0.1, -0.05) is 18.2 Å². The molecule has 90 valence electrons. The Morgan fingerprint density at radius 1 is 1.31 bits per heavy atom. The summed E-state index contributed by atoms with van der Waals surface area (Å²) in [6.45, 7) is 4.85. The number of carbonyl (C=O) groups is 1. The highest BCUT2D eigenvalue weighted by atomic mass is 35.5. The van der Waals surface area contributed by atoms with Crippen molar-refractivity contribution in [3.8, 4) is 0 Å². The summed E-state index contributed by atoms with van der Waals surface area (Å²) in [5.74, 6) is 0. The molecule has 0 radical (unpaired) electrons. The van der Waals surface area contributed by atoms with Crippen molar-refractivity contribution in [3.63, 3.8) is 0 Å². The van der Waals surface area contributed by atoms with E-state index < -0.39 is 12.7 Å². The third-order valence-electron chi connectivity index (χ3n) is 2.32. The minimum Gasteiger partial charge on any atom is -1.00 e. The van der Waals surface area contributed by atoms with Crippen molar-refractivity contribution in [1.82, 2.24) is 0 Å². The van der Waals surface area contributed by atoms with Gasteiger partial charge in [0.2, 0.25) is 0 Å². The van der Waals surface area contributed by atoms with Crippen molar-refractivity contribution in [2.75, 3.05) is 26.1 Å². The molecule has 16 heavy (non-hydrogen) atoms. The largest absolute Gasteiger partial charge is 1.00 e. The fourth-order valence-corrected chi connectivity index (χ4v) is 3.18. The lowest BCUT2D eigenvalue weighted by molar-refractivity contribution is -0.00000812. The van der Waals surface area contributed by atoms with Crippen LogP contribution in [0.25, 0.3) is 0 Å². The summed E-state index contributed by atoms with van der Waals surface area (Å²) in [6, 6.07) is 10.3. The second-order valence-corrected chi connectivity index (χ2v) is 8.47. The van der Waals surface area contributed by atoms with Crippen LogP contribution >= 0.6 is 18.9 Å². The van der Waals surface area contributed by atoms with E-state index in [1.807, 2.05) is 18.2 Å². The van der Waals surface area contributed by atoms with Crippen LogP contribution in [-0.2, 0) is 4.74 Å². The number of rotatable bonds is 4. The van der Waals surface area contributed by atoms with E-state index in [1.165, 1.54) is 5.30 Å². The van der Waals surface area contributed by atoms with Gasteiger partial charge in [-0.25, -0.2) is 4.79 Å². The minimum atomic E-state index is -1.19. The van der Waals surface area contributed by atoms with Crippen LogP contribution in [0.15, 0.2) is 30.3 Å². The van der Waals surface area contributed by atoms with Gasteiger partial charge in [0.25, 0.3) is 0 Å². The number of halogens is 2. The average Bonchev–Trinajstić information content (AvgIpc) is 2.18. The Morgan fingerprint density at radius 2 is 1.88 bits per heavy atom. The van der Waals surface area contributed by atoms with E-state index in [9.17, 15) is 4.79 Å². The standard InChI is InChI=1S/C11H15ClO2P.ClH/c1-15(2,9-8-14-11(12)13)10-6-4-3-5-7-10;/h3-7H,8-9H2,1-2H3;1H/q+1;/p-1. The van der Waals surface area contributed by atoms with Gasteiger partial charge in [-0.2, -0.15) is 0 Å². The van der Waals surface area contributed by atoms with Gasteiger partial charge in [0, 0.05) is 18.9 Å². The van der Waals surface area contributed by atoms with E-state index in [0.29, 0.717) is 6.61 Å². The molecule has 0 spiro atoms. The predicted molar refractivity (Wildman–Crippen MR) is 66.9 cm³/mol. The Morgan fingerprint density at radius 3 is 2.38 bits per heavy atom. The van der Waals surface area contributed by atoms with Gasteiger partial charge in [0.1, 0.15) is 6.61 Å². The summed E-state index contributed by atoms with van der Waals surface area (Å²) < 4.78 is 4.75. The number of benzene rings is 1. The normalized spacial score (nSPS) is 10.4. The molecule has 0 fully saturated rings. The van der Waals surface area contributed by atoms with Crippen LogP contribution in [-0.4, -0.2) is 31.5 Å². The molecule has 0 aromatic heterocycles. The summed E-state index contributed by atoms with van der Waals surface area (Å²) in [7, 11) is -1.19. The molecule has 2 nitrogen and oxygen atoms in total. The zero-order chi connectivity index (χ0) is 11.3. The van der Waals surface area contributed by atoms with Crippen LogP contribution in [0.1, 0.15) is 0 Å². The smallest absolute Gasteiger partial charge is 0.403 e. The van der Waals surface area contributed by atoms with Crippen molar-refractivity contribution in [2.24, 2.45) is 0 Å². The van der Waals surface area contributed by atoms with Crippen molar-refractivity contribution in [1.29, 1.82) is 0 Å². The van der Waals surface area contributed by atoms with Crippen molar-refractivity contribution in [2.45, 2.75) is 0 Å². The summed E-state index contributed by atoms with van der Waals surface area (Å²) in [4.78, 5) is 10.4. The second kappa shape index (κ2) is 7.11. The lowest BCUT2D eigenvalue weighted by Gasteiger charge is -2.17. The predicted octanol–water partition coefficient (Wildman–Crippen LogP) is -0.0315. The molecule has 0 aliphatic carbocycles. The molecule has 0 amide bonds. The Bertz CT molecular complexity index is 328. The zero-order valence-electron chi connectivity index (χ0n) is 9.32. The van der Waals surface area contributed by atoms with E-state index in [-0.39, 0.29) is 12.4 Å². The minimum absolute atomic E-state index is 0. The number of ether oxygens (including phenoxy) is 1. The Balaban J connectivity index is 0.00000225. The van der Waals surface area contributed by atoms with E-state index >= 15 is 0 Å². The van der Waals surface area contributed by atoms with Crippen LogP contribution in [0.5, 0.6) is 0 Å². The summed E-state index contributed by atoms with van der Waals surface area (Å²) in [5.41, 5.74) is -0.719. The van der Waals surface area contributed by atoms with E-state index in [0.717, 1.165) is 6.16 Å². The molecule has 0 unspecified atom stereocenters. The molecule has 0 aliphatic rings. The van der Waals surface area contributed by atoms with Crippen LogP contribution in [0.3, 0.4) is 0 Å². The zero-order valence-corrected chi connectivity index (χ0v) is 11.7. The first-order chi connectivity index (χ1) is 7.02.